The maximum Gasteiger partial charge on any atom is 0.224 e. The first-order chi connectivity index (χ1) is 10.7. The summed E-state index contributed by atoms with van der Waals surface area (Å²) >= 11 is 3.45. The quantitative estimate of drug-likeness (QED) is 0.900. The average Bonchev–Trinajstić information content (AvgIpc) is 2.55. The highest BCUT2D eigenvalue weighted by molar-refractivity contribution is 9.10. The lowest BCUT2D eigenvalue weighted by Crippen LogP contribution is -2.17. The largest absolute Gasteiger partial charge is 0.486 e. The van der Waals surface area contributed by atoms with E-state index in [1.54, 1.807) is 6.07 Å². The Morgan fingerprint density at radius 3 is 2.50 bits per heavy atom. The second kappa shape index (κ2) is 6.83. The maximum absolute atomic E-state index is 12.1. The third kappa shape index (κ3) is 3.60. The zero-order chi connectivity index (χ0) is 15.4. The predicted molar refractivity (Wildman–Crippen MR) is 88.5 cm³/mol. The van der Waals surface area contributed by atoms with E-state index in [0.717, 1.165) is 16.5 Å². The number of ether oxygens (including phenoxy) is 2. The van der Waals surface area contributed by atoms with Crippen molar-refractivity contribution in [3.8, 4) is 11.5 Å². The monoisotopic (exact) mass is 361 g/mol. The smallest absolute Gasteiger partial charge is 0.224 e. The molecule has 0 unspecified atom stereocenters. The summed E-state index contributed by atoms with van der Waals surface area (Å²) in [6, 6.07) is 13.6. The van der Waals surface area contributed by atoms with E-state index in [4.69, 9.17) is 9.47 Å². The van der Waals surface area contributed by atoms with Crippen molar-refractivity contribution in [2.45, 2.75) is 12.8 Å². The topological polar surface area (TPSA) is 47.6 Å². The van der Waals surface area contributed by atoms with Gasteiger partial charge in [-0.2, -0.15) is 0 Å². The van der Waals surface area contributed by atoms with Gasteiger partial charge >= 0.3 is 0 Å². The van der Waals surface area contributed by atoms with Crippen LogP contribution in [0, 0.1) is 0 Å². The Morgan fingerprint density at radius 1 is 1.09 bits per heavy atom. The Morgan fingerprint density at radius 2 is 1.77 bits per heavy atom. The summed E-state index contributed by atoms with van der Waals surface area (Å²) in [5.74, 6) is 1.33. The van der Waals surface area contributed by atoms with E-state index in [-0.39, 0.29) is 5.91 Å². The van der Waals surface area contributed by atoms with Gasteiger partial charge in [-0.3, -0.25) is 4.79 Å². The molecule has 2 aromatic carbocycles. The standard InChI is InChI=1S/C17H16BrNO3/c18-13-10-15-16(22-9-8-21-15)11-14(13)19-17(20)7-6-12-4-2-1-3-5-12/h1-5,10-11H,6-9H2,(H,19,20). The summed E-state index contributed by atoms with van der Waals surface area (Å²) in [7, 11) is 0. The molecule has 1 aliphatic heterocycles. The molecule has 0 saturated heterocycles. The Labute approximate surface area is 137 Å². The van der Waals surface area contributed by atoms with Crippen LogP contribution in [0.2, 0.25) is 0 Å². The van der Waals surface area contributed by atoms with Crippen molar-refractivity contribution in [2.24, 2.45) is 0 Å². The van der Waals surface area contributed by atoms with E-state index < -0.39 is 0 Å². The van der Waals surface area contributed by atoms with Gasteiger partial charge < -0.3 is 14.8 Å². The summed E-state index contributed by atoms with van der Waals surface area (Å²) in [6.45, 7) is 1.07. The molecule has 0 atom stereocenters. The minimum absolute atomic E-state index is 0.0266. The molecule has 4 nitrogen and oxygen atoms in total. The highest BCUT2D eigenvalue weighted by atomic mass is 79.9. The molecule has 0 spiro atoms. The number of carbonyl (C=O) groups is 1. The van der Waals surface area contributed by atoms with Crippen LogP contribution in [0.1, 0.15) is 12.0 Å². The fourth-order valence-electron chi connectivity index (χ4n) is 2.28. The van der Waals surface area contributed by atoms with Crippen LogP contribution < -0.4 is 14.8 Å². The number of aryl methyl sites for hydroxylation is 1. The Bertz CT molecular complexity index is 673. The zero-order valence-electron chi connectivity index (χ0n) is 12.0. The van der Waals surface area contributed by atoms with Gasteiger partial charge in [0.2, 0.25) is 5.91 Å². The van der Waals surface area contributed by atoms with Crippen molar-refractivity contribution >= 4 is 27.5 Å². The first-order valence-corrected chi connectivity index (χ1v) is 7.94. The van der Waals surface area contributed by atoms with Crippen molar-refractivity contribution in [1.29, 1.82) is 0 Å². The Hall–Kier alpha value is -2.01. The van der Waals surface area contributed by atoms with Gasteiger partial charge in [-0.1, -0.05) is 30.3 Å². The lowest BCUT2D eigenvalue weighted by atomic mass is 10.1. The van der Waals surface area contributed by atoms with Gasteiger partial charge in [0, 0.05) is 23.0 Å². The van der Waals surface area contributed by atoms with Crippen LogP contribution in [0.5, 0.6) is 11.5 Å². The molecule has 22 heavy (non-hydrogen) atoms. The maximum atomic E-state index is 12.1. The van der Waals surface area contributed by atoms with Crippen LogP contribution >= 0.6 is 15.9 Å². The second-order valence-electron chi connectivity index (χ2n) is 5.01. The summed E-state index contributed by atoms with van der Waals surface area (Å²) in [5.41, 5.74) is 1.85. The number of anilines is 1. The molecule has 1 aliphatic rings. The molecular weight excluding hydrogens is 346 g/mol. The molecule has 1 amide bonds. The van der Waals surface area contributed by atoms with Crippen LogP contribution in [-0.4, -0.2) is 19.1 Å². The predicted octanol–water partition coefficient (Wildman–Crippen LogP) is 3.79. The molecule has 114 valence electrons. The van der Waals surface area contributed by atoms with Crippen molar-refractivity contribution in [2.75, 3.05) is 18.5 Å². The van der Waals surface area contributed by atoms with Crippen molar-refractivity contribution in [3.63, 3.8) is 0 Å². The van der Waals surface area contributed by atoms with Crippen LogP contribution in [-0.2, 0) is 11.2 Å². The molecule has 1 N–H and O–H groups in total. The van der Waals surface area contributed by atoms with E-state index in [1.165, 1.54) is 0 Å². The van der Waals surface area contributed by atoms with Crippen LogP contribution in [0.3, 0.4) is 0 Å². The number of amides is 1. The Kier molecular flexibility index (Phi) is 4.63. The SMILES string of the molecule is O=C(CCc1ccccc1)Nc1cc2c(cc1Br)OCCO2. The molecule has 0 aromatic heterocycles. The number of carbonyl (C=O) groups excluding carboxylic acids is 1. The number of halogens is 1. The number of benzene rings is 2. The Balaban J connectivity index is 1.64. The highest BCUT2D eigenvalue weighted by Gasteiger charge is 2.16. The van der Waals surface area contributed by atoms with Crippen LogP contribution in [0.4, 0.5) is 5.69 Å². The van der Waals surface area contributed by atoms with E-state index in [2.05, 4.69) is 21.2 Å². The fourth-order valence-corrected chi connectivity index (χ4v) is 2.70. The molecule has 0 bridgehead atoms. The number of fused-ring (bicyclic) bond motifs is 1. The fraction of sp³-hybridized carbons (Fsp3) is 0.235. The molecule has 0 radical (unpaired) electrons. The normalized spacial score (nSPS) is 12.8. The van der Waals surface area contributed by atoms with Gasteiger partial charge in [0.05, 0.1) is 5.69 Å². The third-order valence-electron chi connectivity index (χ3n) is 3.39. The van der Waals surface area contributed by atoms with Gasteiger partial charge in [-0.15, -0.1) is 0 Å². The summed E-state index contributed by atoms with van der Waals surface area (Å²) in [5, 5.41) is 2.91. The summed E-state index contributed by atoms with van der Waals surface area (Å²) in [4.78, 5) is 12.1. The van der Waals surface area contributed by atoms with Crippen molar-refractivity contribution in [1.82, 2.24) is 0 Å². The lowest BCUT2D eigenvalue weighted by Gasteiger charge is -2.20. The van der Waals surface area contributed by atoms with Gasteiger partial charge in [0.25, 0.3) is 0 Å². The van der Waals surface area contributed by atoms with Crippen LogP contribution in [0.15, 0.2) is 46.9 Å². The molecule has 0 aliphatic carbocycles. The molecule has 3 rings (SSSR count). The minimum Gasteiger partial charge on any atom is -0.486 e. The minimum atomic E-state index is -0.0266. The molecule has 5 heteroatoms. The third-order valence-corrected chi connectivity index (χ3v) is 4.05. The van der Waals surface area contributed by atoms with E-state index >= 15 is 0 Å². The summed E-state index contributed by atoms with van der Waals surface area (Å²) in [6.07, 6.45) is 1.15. The van der Waals surface area contributed by atoms with Crippen molar-refractivity contribution in [3.05, 3.63) is 52.5 Å². The molecular formula is C17H16BrNO3. The van der Waals surface area contributed by atoms with E-state index in [9.17, 15) is 4.79 Å². The first kappa shape index (κ1) is 14.9. The first-order valence-electron chi connectivity index (χ1n) is 7.15. The number of hydrogen-bond donors (Lipinski definition) is 1. The number of hydrogen-bond acceptors (Lipinski definition) is 3. The van der Waals surface area contributed by atoms with Gasteiger partial charge in [-0.25, -0.2) is 0 Å². The molecule has 2 aromatic rings. The molecule has 1 heterocycles. The van der Waals surface area contributed by atoms with E-state index in [0.29, 0.717) is 36.8 Å². The lowest BCUT2D eigenvalue weighted by molar-refractivity contribution is -0.116. The van der Waals surface area contributed by atoms with Gasteiger partial charge in [0.15, 0.2) is 11.5 Å². The zero-order valence-corrected chi connectivity index (χ0v) is 13.6. The van der Waals surface area contributed by atoms with Crippen molar-refractivity contribution < 1.29 is 14.3 Å². The van der Waals surface area contributed by atoms with E-state index in [1.807, 2.05) is 36.4 Å². The van der Waals surface area contributed by atoms with Gasteiger partial charge in [-0.05, 0) is 27.9 Å². The summed E-state index contributed by atoms with van der Waals surface area (Å²) < 4.78 is 11.8. The number of rotatable bonds is 4. The average molecular weight is 362 g/mol. The number of nitrogens with one attached hydrogen (secondary N) is 1. The molecule has 0 saturated carbocycles. The highest BCUT2D eigenvalue weighted by Crippen LogP contribution is 2.38. The molecule has 0 fully saturated rings. The second-order valence-corrected chi connectivity index (χ2v) is 5.86. The van der Waals surface area contributed by atoms with Crippen LogP contribution in [0.25, 0.3) is 0 Å². The van der Waals surface area contributed by atoms with Gasteiger partial charge in [0.1, 0.15) is 13.2 Å².